The molecule has 0 spiro atoms. The molecule has 2 aliphatic rings. The number of ketones is 1. The lowest BCUT2D eigenvalue weighted by Crippen LogP contribution is -2.61. The lowest BCUT2D eigenvalue weighted by Gasteiger charge is -2.47. The minimum Gasteiger partial charge on any atom is -0.457 e. The third kappa shape index (κ3) is 13.4. The van der Waals surface area contributed by atoms with E-state index in [0.717, 1.165) is 6.92 Å². The van der Waals surface area contributed by atoms with Gasteiger partial charge in [0.2, 0.25) is 11.8 Å². The molecule has 374 valence electrons. The Bertz CT molecular complexity index is 2100. The second-order valence-electron chi connectivity index (χ2n) is 18.4. The van der Waals surface area contributed by atoms with Crippen LogP contribution >= 0.6 is 0 Å². The maximum absolute atomic E-state index is 17.0. The first kappa shape index (κ1) is 54.7. The number of ether oxygens (including phenoxy) is 5. The Kier molecular flexibility index (Phi) is 18.8. The number of anilines is 1. The van der Waals surface area contributed by atoms with E-state index in [4.69, 9.17) is 38.7 Å². The van der Waals surface area contributed by atoms with E-state index in [1.54, 1.807) is 73.8 Å². The normalized spacial score (nSPS) is 32.7. The molecule has 4 heterocycles. The number of aromatic nitrogens is 2. The van der Waals surface area contributed by atoms with Crippen molar-refractivity contribution in [3.05, 3.63) is 41.4 Å². The number of hydrogen-bond donors (Lipinski definition) is 4. The number of esters is 2. The largest absolute Gasteiger partial charge is 0.457 e. The summed E-state index contributed by atoms with van der Waals surface area (Å²) in [6.07, 6.45) is -5.43. The number of pyridine rings is 1. The minimum atomic E-state index is -3.32. The first-order valence-corrected chi connectivity index (χ1v) is 22.8. The molecule has 67 heavy (non-hydrogen) atoms. The van der Waals surface area contributed by atoms with Crippen LogP contribution < -0.4 is 11.1 Å². The van der Waals surface area contributed by atoms with E-state index in [1.807, 2.05) is 4.90 Å². The molecule has 0 saturated carbocycles. The highest BCUT2D eigenvalue weighted by Gasteiger charge is 2.55. The Morgan fingerprint density at radius 1 is 1.07 bits per heavy atom. The van der Waals surface area contributed by atoms with Crippen molar-refractivity contribution in [2.75, 3.05) is 26.4 Å². The van der Waals surface area contributed by atoms with Gasteiger partial charge in [-0.3, -0.25) is 14.4 Å². The Morgan fingerprint density at radius 3 is 2.36 bits per heavy atom. The first-order chi connectivity index (χ1) is 31.3. The second kappa shape index (κ2) is 23.0. The number of Topliss-reactive ketones (excluding diaryl/α,β-unsaturated/α-hetero) is 1. The Hall–Kier alpha value is -4.86. The number of allylic oxidation sites excluding steroid dienone is 1. The summed E-state index contributed by atoms with van der Waals surface area (Å²) in [4.78, 5) is 70.1. The molecule has 4 rings (SSSR count). The van der Waals surface area contributed by atoms with Crippen LogP contribution in [0.25, 0.3) is 11.6 Å². The predicted molar refractivity (Wildman–Crippen MR) is 243 cm³/mol. The number of cyclic esters (lactones) is 1. The quantitative estimate of drug-likeness (QED) is 0.0796. The molecule has 5 N–H and O–H groups in total. The van der Waals surface area contributed by atoms with Crippen LogP contribution in [0.1, 0.15) is 114 Å². The number of nitrogens with zero attached hydrogens (tertiary/aromatic N) is 4. The fourth-order valence-electron chi connectivity index (χ4n) is 8.78. The zero-order chi connectivity index (χ0) is 50.2. The van der Waals surface area contributed by atoms with E-state index in [0.29, 0.717) is 35.8 Å². The lowest BCUT2D eigenvalue weighted by atomic mass is 9.76. The van der Waals surface area contributed by atoms with Crippen LogP contribution in [0.2, 0.25) is 0 Å². The minimum absolute atomic E-state index is 0.0536. The summed E-state index contributed by atoms with van der Waals surface area (Å²) in [5.41, 5.74) is 0.0204. The molecule has 2 aromatic heterocycles. The van der Waals surface area contributed by atoms with E-state index in [2.05, 4.69) is 20.4 Å². The summed E-state index contributed by atoms with van der Waals surface area (Å²) in [6.45, 7) is 15.9. The zero-order valence-corrected chi connectivity index (χ0v) is 41.1. The number of likely N-dealkylation sites (N-methyl/N-ethyl adjacent to an activating group) is 1. The van der Waals surface area contributed by atoms with E-state index < -0.39 is 95.2 Å². The van der Waals surface area contributed by atoms with Crippen molar-refractivity contribution in [2.45, 2.75) is 175 Å². The third-order valence-electron chi connectivity index (χ3n) is 12.4. The highest BCUT2D eigenvalue weighted by Crippen LogP contribution is 2.40. The van der Waals surface area contributed by atoms with Crippen molar-refractivity contribution in [1.82, 2.24) is 20.2 Å². The lowest BCUT2D eigenvalue weighted by molar-refractivity contribution is -0.296. The van der Waals surface area contributed by atoms with Crippen LogP contribution in [0, 0.1) is 11.8 Å². The van der Waals surface area contributed by atoms with E-state index in [-0.39, 0.29) is 49.6 Å². The molecular formula is C47H71FN6O13. The van der Waals surface area contributed by atoms with Gasteiger partial charge < -0.3 is 59.1 Å². The molecule has 2 aliphatic heterocycles. The van der Waals surface area contributed by atoms with Crippen LogP contribution in [-0.2, 0) is 54.3 Å². The predicted octanol–water partition coefficient (Wildman–Crippen LogP) is 4.97. The fourth-order valence-corrected chi connectivity index (χ4v) is 8.78. The number of alkyl halides is 1. The Morgan fingerprint density at radius 2 is 1.76 bits per heavy atom. The molecule has 1 amide bonds. The maximum atomic E-state index is 17.0. The summed E-state index contributed by atoms with van der Waals surface area (Å²) >= 11 is 0. The molecule has 0 radical (unpaired) electrons. The highest BCUT2D eigenvalue weighted by atomic mass is 19.1. The number of rotatable bonds is 15. The standard InChI is InChI=1S/C47H71FN6O13/c1-14-30(53-63-24-31-23-62-42(50-31)32-18-17-19-35(49)51-32)22-61-41-27(6)37(52-36(56)16-3)25(4)21-45(9,59)40(67-43-38(65-29(8)55)33(54(12)13)20-26(5)64-43)28(7)39(57)46(10,48)44(58)66-34(15-2)47(41,11)60/h17-19,23,25-26,28,33-34,38,40-41,43,59-60H,14-16,20-22,24H2,1-13H3,(H2,49,51)(H,52,56)/t25-,26-,28+,33+,34-,38-,40-,41-,43+,45-,46+,47-/m1/s1. The van der Waals surface area contributed by atoms with Crippen LogP contribution in [0.5, 0.6) is 0 Å². The van der Waals surface area contributed by atoms with Crippen molar-refractivity contribution in [3.63, 3.8) is 0 Å². The van der Waals surface area contributed by atoms with Gasteiger partial charge in [-0.2, -0.15) is 0 Å². The van der Waals surface area contributed by atoms with Gasteiger partial charge in [-0.25, -0.2) is 19.2 Å². The molecule has 0 aliphatic carbocycles. The Balaban J connectivity index is 1.80. The first-order valence-electron chi connectivity index (χ1n) is 22.8. The van der Waals surface area contributed by atoms with Gasteiger partial charge in [0.15, 0.2) is 24.8 Å². The van der Waals surface area contributed by atoms with Gasteiger partial charge in [0.05, 0.1) is 36.2 Å². The number of hydrogen-bond acceptors (Lipinski definition) is 18. The number of nitrogen functional groups attached to an aromatic ring is 1. The molecule has 12 atom stereocenters. The van der Waals surface area contributed by atoms with Crippen molar-refractivity contribution in [2.24, 2.45) is 17.0 Å². The smallest absolute Gasteiger partial charge is 0.351 e. The topological polar surface area (TPSA) is 257 Å². The van der Waals surface area contributed by atoms with Crippen LogP contribution in [0.4, 0.5) is 10.2 Å². The average molecular weight is 947 g/mol. The summed E-state index contributed by atoms with van der Waals surface area (Å²) in [5.74, 6) is -5.73. The molecule has 0 unspecified atom stereocenters. The SMILES string of the molecule is CCC(=O)NC1=C(C)[C@@H](OCC(CC)=NOCc2coc(-c3cccc(N)n3)n2)[C@](C)(O)[C@@H](CC)OC(=O)[C@@](C)(F)C(=O)[C@H](C)[C@@H](O[C@@H]2O[C@H](C)C[C@H](N(C)C)[C@H]2OC(C)=O)[C@](C)(O)C[C@H]1C. The number of oxazole rings is 1. The van der Waals surface area contributed by atoms with Crippen LogP contribution in [-0.4, -0.2) is 135 Å². The van der Waals surface area contributed by atoms with Gasteiger partial charge in [-0.1, -0.05) is 45.8 Å². The van der Waals surface area contributed by atoms with Crippen LogP contribution in [0.3, 0.4) is 0 Å². The molecule has 0 aromatic carbocycles. The number of amides is 1. The highest BCUT2D eigenvalue weighted by molar-refractivity contribution is 6.07. The summed E-state index contributed by atoms with van der Waals surface area (Å²) in [5, 5.41) is 32.3. The fraction of sp³-hybridized carbons (Fsp3) is 0.681. The van der Waals surface area contributed by atoms with Gasteiger partial charge in [0, 0.05) is 25.0 Å². The van der Waals surface area contributed by atoms with Gasteiger partial charge in [0.1, 0.15) is 41.3 Å². The second-order valence-corrected chi connectivity index (χ2v) is 18.4. The summed E-state index contributed by atoms with van der Waals surface area (Å²) in [7, 11) is 3.59. The molecular weight excluding hydrogens is 876 g/mol. The van der Waals surface area contributed by atoms with Crippen LogP contribution in [0.15, 0.2) is 45.3 Å². The van der Waals surface area contributed by atoms with E-state index >= 15 is 4.39 Å². The average Bonchev–Trinajstić information content (AvgIpc) is 3.73. The van der Waals surface area contributed by atoms with E-state index in [1.165, 1.54) is 34.0 Å². The number of nitrogens with one attached hydrogen (secondary N) is 1. The van der Waals surface area contributed by atoms with Gasteiger partial charge >= 0.3 is 11.9 Å². The van der Waals surface area contributed by atoms with Gasteiger partial charge in [-0.15, -0.1) is 0 Å². The van der Waals surface area contributed by atoms with Crippen molar-refractivity contribution in [1.29, 1.82) is 0 Å². The van der Waals surface area contributed by atoms with Crippen molar-refractivity contribution < 1.29 is 66.7 Å². The molecule has 1 saturated heterocycles. The Labute approximate surface area is 392 Å². The number of aliphatic hydroxyl groups is 2. The summed E-state index contributed by atoms with van der Waals surface area (Å²) in [6, 6.07) is 4.62. The molecule has 0 bridgehead atoms. The molecule has 2 aromatic rings. The zero-order valence-electron chi connectivity index (χ0n) is 41.1. The number of halogens is 1. The number of oxime groups is 1. The number of carbonyl (C=O) groups is 4. The number of nitrogens with two attached hydrogens (primary N) is 1. The molecule has 1 fully saturated rings. The number of carbonyl (C=O) groups excluding carboxylic acids is 4. The van der Waals surface area contributed by atoms with Crippen molar-refractivity contribution >= 4 is 35.2 Å². The summed E-state index contributed by atoms with van der Waals surface area (Å²) < 4.78 is 53.2. The van der Waals surface area contributed by atoms with E-state index in [9.17, 15) is 29.4 Å². The molecule has 20 heteroatoms. The van der Waals surface area contributed by atoms with Gasteiger partial charge in [0.25, 0.3) is 5.67 Å². The maximum Gasteiger partial charge on any atom is 0.351 e. The monoisotopic (exact) mass is 947 g/mol. The van der Waals surface area contributed by atoms with Crippen molar-refractivity contribution in [3.8, 4) is 11.6 Å². The van der Waals surface area contributed by atoms with Gasteiger partial charge in [-0.05, 0) is 98.0 Å². The molecule has 19 nitrogen and oxygen atoms in total. The third-order valence-corrected chi connectivity index (χ3v) is 12.4.